The van der Waals surface area contributed by atoms with Crippen molar-refractivity contribution in [3.63, 3.8) is 0 Å². The summed E-state index contributed by atoms with van der Waals surface area (Å²) in [6.45, 7) is 1.56. The zero-order chi connectivity index (χ0) is 11.5. The van der Waals surface area contributed by atoms with Crippen LogP contribution in [0.1, 0.15) is 18.7 Å². The fourth-order valence-electron chi connectivity index (χ4n) is 2.06. The molecule has 1 saturated heterocycles. The Balaban J connectivity index is 2.04. The third kappa shape index (κ3) is 2.06. The number of likely N-dealkylation sites (tertiary alicyclic amines) is 1. The summed E-state index contributed by atoms with van der Waals surface area (Å²) in [6.07, 6.45) is 3.42. The van der Waals surface area contributed by atoms with Gasteiger partial charge in [0.25, 0.3) is 0 Å². The smallest absolute Gasteiger partial charge is 0.323 e. The summed E-state index contributed by atoms with van der Waals surface area (Å²) < 4.78 is 6.52. The number of nitrogens with zero attached hydrogens (tertiary/aromatic N) is 4. The first-order valence-electron chi connectivity index (χ1n) is 5.37. The predicted octanol–water partition coefficient (Wildman–Crippen LogP) is -0.0475. The maximum atomic E-state index is 11.5. The minimum Gasteiger partial charge on any atom is -0.468 e. The first kappa shape index (κ1) is 11.1. The first-order valence-corrected chi connectivity index (χ1v) is 5.37. The highest BCUT2D eigenvalue weighted by molar-refractivity contribution is 5.75. The monoisotopic (exact) mass is 224 g/mol. The Morgan fingerprint density at radius 3 is 3.12 bits per heavy atom. The Bertz CT molecular complexity index is 377. The molecule has 6 nitrogen and oxygen atoms in total. The number of hydrogen-bond donors (Lipinski definition) is 0. The van der Waals surface area contributed by atoms with Crippen molar-refractivity contribution in [1.29, 1.82) is 0 Å². The second-order valence-corrected chi connectivity index (χ2v) is 3.95. The number of aromatic nitrogens is 3. The topological polar surface area (TPSA) is 60.2 Å². The molecule has 16 heavy (non-hydrogen) atoms. The van der Waals surface area contributed by atoms with E-state index in [4.69, 9.17) is 4.74 Å². The molecule has 88 valence electrons. The van der Waals surface area contributed by atoms with Crippen LogP contribution >= 0.6 is 0 Å². The van der Waals surface area contributed by atoms with Crippen LogP contribution in [0.15, 0.2) is 6.33 Å². The van der Waals surface area contributed by atoms with E-state index in [1.165, 1.54) is 13.4 Å². The SMILES string of the molecule is COC(=O)C1CCCN1Cc1ncnn1C. The van der Waals surface area contributed by atoms with Gasteiger partial charge in [-0.15, -0.1) is 0 Å². The summed E-state index contributed by atoms with van der Waals surface area (Å²) in [6, 6.07) is -0.123. The highest BCUT2D eigenvalue weighted by Crippen LogP contribution is 2.20. The molecule has 2 rings (SSSR count). The number of methoxy groups -OCH3 is 1. The highest BCUT2D eigenvalue weighted by atomic mass is 16.5. The van der Waals surface area contributed by atoms with Gasteiger partial charge in [0.1, 0.15) is 18.2 Å². The van der Waals surface area contributed by atoms with E-state index in [0.717, 1.165) is 25.2 Å². The van der Waals surface area contributed by atoms with Crippen molar-refractivity contribution in [2.24, 2.45) is 7.05 Å². The van der Waals surface area contributed by atoms with Crippen LogP contribution in [0.4, 0.5) is 0 Å². The van der Waals surface area contributed by atoms with E-state index in [0.29, 0.717) is 6.54 Å². The van der Waals surface area contributed by atoms with E-state index in [9.17, 15) is 4.79 Å². The second-order valence-electron chi connectivity index (χ2n) is 3.95. The number of ether oxygens (including phenoxy) is 1. The number of rotatable bonds is 3. The zero-order valence-electron chi connectivity index (χ0n) is 9.59. The molecule has 2 heterocycles. The van der Waals surface area contributed by atoms with Crippen LogP contribution in [0, 0.1) is 0 Å². The lowest BCUT2D eigenvalue weighted by Crippen LogP contribution is -2.37. The van der Waals surface area contributed by atoms with E-state index in [-0.39, 0.29) is 12.0 Å². The van der Waals surface area contributed by atoms with Gasteiger partial charge in [-0.2, -0.15) is 5.10 Å². The van der Waals surface area contributed by atoms with Gasteiger partial charge in [0.15, 0.2) is 0 Å². The highest BCUT2D eigenvalue weighted by Gasteiger charge is 2.31. The molecule has 1 aromatic rings. The summed E-state index contributed by atoms with van der Waals surface area (Å²) in [5.41, 5.74) is 0. The number of carbonyl (C=O) groups is 1. The van der Waals surface area contributed by atoms with Crippen LogP contribution < -0.4 is 0 Å². The predicted molar refractivity (Wildman–Crippen MR) is 56.5 cm³/mol. The molecule has 1 atom stereocenters. The fraction of sp³-hybridized carbons (Fsp3) is 0.700. The Morgan fingerprint density at radius 1 is 1.69 bits per heavy atom. The van der Waals surface area contributed by atoms with Crippen molar-refractivity contribution < 1.29 is 9.53 Å². The minimum atomic E-state index is -0.153. The third-order valence-electron chi connectivity index (χ3n) is 2.99. The van der Waals surface area contributed by atoms with Crippen molar-refractivity contribution in [2.45, 2.75) is 25.4 Å². The van der Waals surface area contributed by atoms with Crippen LogP contribution in [0.25, 0.3) is 0 Å². The lowest BCUT2D eigenvalue weighted by Gasteiger charge is -2.21. The second kappa shape index (κ2) is 4.61. The molecule has 0 bridgehead atoms. The Kier molecular flexibility index (Phi) is 3.19. The Morgan fingerprint density at radius 2 is 2.50 bits per heavy atom. The van der Waals surface area contributed by atoms with Crippen LogP contribution in [-0.2, 0) is 23.1 Å². The van der Waals surface area contributed by atoms with Crippen LogP contribution in [-0.4, -0.2) is 45.3 Å². The molecule has 0 radical (unpaired) electrons. The molecule has 1 fully saturated rings. The van der Waals surface area contributed by atoms with E-state index in [2.05, 4.69) is 15.0 Å². The van der Waals surface area contributed by atoms with Gasteiger partial charge in [0.2, 0.25) is 0 Å². The summed E-state index contributed by atoms with van der Waals surface area (Å²) in [5, 5.41) is 4.01. The molecule has 0 saturated carbocycles. The summed E-state index contributed by atoms with van der Waals surface area (Å²) >= 11 is 0. The van der Waals surface area contributed by atoms with E-state index >= 15 is 0 Å². The largest absolute Gasteiger partial charge is 0.468 e. The van der Waals surface area contributed by atoms with E-state index in [1.54, 1.807) is 4.68 Å². The molecule has 1 unspecified atom stereocenters. The summed E-state index contributed by atoms with van der Waals surface area (Å²) in [7, 11) is 3.28. The Hall–Kier alpha value is -1.43. The number of aryl methyl sites for hydroxylation is 1. The molecule has 0 spiro atoms. The molecule has 6 heteroatoms. The molecule has 0 N–H and O–H groups in total. The third-order valence-corrected chi connectivity index (χ3v) is 2.99. The van der Waals surface area contributed by atoms with Gasteiger partial charge in [-0.25, -0.2) is 4.98 Å². The number of carbonyl (C=O) groups excluding carboxylic acids is 1. The fourth-order valence-corrected chi connectivity index (χ4v) is 2.06. The van der Waals surface area contributed by atoms with Gasteiger partial charge in [-0.1, -0.05) is 0 Å². The van der Waals surface area contributed by atoms with Gasteiger partial charge in [-0.05, 0) is 19.4 Å². The van der Waals surface area contributed by atoms with Crippen molar-refractivity contribution in [2.75, 3.05) is 13.7 Å². The quantitative estimate of drug-likeness (QED) is 0.674. The molecular weight excluding hydrogens is 208 g/mol. The minimum absolute atomic E-state index is 0.123. The average Bonchev–Trinajstić information content (AvgIpc) is 2.88. The van der Waals surface area contributed by atoms with Crippen LogP contribution in [0.5, 0.6) is 0 Å². The maximum absolute atomic E-state index is 11.5. The molecule has 0 aliphatic carbocycles. The van der Waals surface area contributed by atoms with Crippen LogP contribution in [0.2, 0.25) is 0 Å². The molecule has 1 aliphatic rings. The normalized spacial score (nSPS) is 21.2. The van der Waals surface area contributed by atoms with E-state index < -0.39 is 0 Å². The zero-order valence-corrected chi connectivity index (χ0v) is 9.59. The number of hydrogen-bond acceptors (Lipinski definition) is 5. The molecule has 0 aromatic carbocycles. The van der Waals surface area contributed by atoms with Gasteiger partial charge in [-0.3, -0.25) is 14.4 Å². The standard InChI is InChI=1S/C10H16N4O2/c1-13-9(11-7-12-13)6-14-5-3-4-8(14)10(15)16-2/h7-8H,3-6H2,1-2H3. The number of esters is 1. The lowest BCUT2D eigenvalue weighted by atomic mass is 10.2. The summed E-state index contributed by atoms with van der Waals surface area (Å²) in [4.78, 5) is 17.8. The van der Waals surface area contributed by atoms with Crippen molar-refractivity contribution in [3.05, 3.63) is 12.2 Å². The molecular formula is C10H16N4O2. The van der Waals surface area contributed by atoms with E-state index in [1.807, 2.05) is 7.05 Å². The van der Waals surface area contributed by atoms with Crippen molar-refractivity contribution in [1.82, 2.24) is 19.7 Å². The summed E-state index contributed by atoms with van der Waals surface area (Å²) in [5.74, 6) is 0.718. The van der Waals surface area contributed by atoms with Gasteiger partial charge < -0.3 is 4.74 Å². The van der Waals surface area contributed by atoms with Crippen molar-refractivity contribution >= 4 is 5.97 Å². The molecule has 1 aliphatic heterocycles. The maximum Gasteiger partial charge on any atom is 0.323 e. The van der Waals surface area contributed by atoms with Gasteiger partial charge in [0.05, 0.1) is 13.7 Å². The average molecular weight is 224 g/mol. The molecule has 0 amide bonds. The van der Waals surface area contributed by atoms with Gasteiger partial charge in [0, 0.05) is 7.05 Å². The Labute approximate surface area is 94.2 Å². The lowest BCUT2D eigenvalue weighted by molar-refractivity contribution is -0.146. The molecule has 1 aromatic heterocycles. The van der Waals surface area contributed by atoms with Crippen molar-refractivity contribution in [3.8, 4) is 0 Å². The van der Waals surface area contributed by atoms with Crippen LogP contribution in [0.3, 0.4) is 0 Å². The van der Waals surface area contributed by atoms with Gasteiger partial charge >= 0.3 is 5.97 Å². The first-order chi connectivity index (χ1) is 7.72.